The highest BCUT2D eigenvalue weighted by atomic mass is 16.6. The van der Waals surface area contributed by atoms with Gasteiger partial charge in [-0.15, -0.1) is 0 Å². The van der Waals surface area contributed by atoms with Crippen molar-refractivity contribution < 1.29 is 19.0 Å². The number of hydrogen-bond donors (Lipinski definition) is 1. The SMILES string of the molecule is O=C(OCc1ccccc1)N1CCOC(CNC2CCCOCC2)C1. The highest BCUT2D eigenvalue weighted by Crippen LogP contribution is 2.11. The summed E-state index contributed by atoms with van der Waals surface area (Å²) < 4.78 is 16.7. The van der Waals surface area contributed by atoms with Crippen LogP contribution in [0.15, 0.2) is 30.3 Å². The molecule has 6 nitrogen and oxygen atoms in total. The van der Waals surface area contributed by atoms with Gasteiger partial charge in [-0.25, -0.2) is 4.79 Å². The molecule has 2 aliphatic heterocycles. The second kappa shape index (κ2) is 9.75. The Balaban J connectivity index is 1.40. The number of nitrogens with one attached hydrogen (secondary N) is 1. The summed E-state index contributed by atoms with van der Waals surface area (Å²) in [6.07, 6.45) is 3.02. The molecule has 2 unspecified atom stereocenters. The summed E-state index contributed by atoms with van der Waals surface area (Å²) in [5.74, 6) is 0. The van der Waals surface area contributed by atoms with Gasteiger partial charge in [0.15, 0.2) is 0 Å². The van der Waals surface area contributed by atoms with E-state index in [1.54, 1.807) is 4.90 Å². The van der Waals surface area contributed by atoms with Crippen LogP contribution in [-0.4, -0.2) is 62.6 Å². The second-order valence-corrected chi connectivity index (χ2v) is 6.63. The molecule has 0 spiro atoms. The minimum atomic E-state index is -0.264. The average molecular weight is 348 g/mol. The van der Waals surface area contributed by atoms with E-state index < -0.39 is 0 Å². The fourth-order valence-electron chi connectivity index (χ4n) is 3.23. The van der Waals surface area contributed by atoms with E-state index in [1.807, 2.05) is 30.3 Å². The third kappa shape index (κ3) is 5.99. The molecule has 0 radical (unpaired) electrons. The van der Waals surface area contributed by atoms with Crippen LogP contribution in [0.1, 0.15) is 24.8 Å². The van der Waals surface area contributed by atoms with Gasteiger partial charge in [0.2, 0.25) is 0 Å². The van der Waals surface area contributed by atoms with Gasteiger partial charge in [-0.2, -0.15) is 0 Å². The van der Waals surface area contributed by atoms with Gasteiger partial charge in [0, 0.05) is 32.3 Å². The molecular formula is C19H28N2O4. The second-order valence-electron chi connectivity index (χ2n) is 6.63. The Morgan fingerprint density at radius 2 is 2.08 bits per heavy atom. The maximum absolute atomic E-state index is 12.3. The number of carbonyl (C=O) groups excluding carboxylic acids is 1. The van der Waals surface area contributed by atoms with Crippen molar-refractivity contribution >= 4 is 6.09 Å². The van der Waals surface area contributed by atoms with E-state index in [0.717, 1.165) is 44.6 Å². The lowest BCUT2D eigenvalue weighted by Crippen LogP contribution is -2.50. The summed E-state index contributed by atoms with van der Waals surface area (Å²) >= 11 is 0. The Kier molecular flexibility index (Phi) is 7.09. The Labute approximate surface area is 149 Å². The van der Waals surface area contributed by atoms with Gasteiger partial charge in [-0.05, 0) is 24.8 Å². The van der Waals surface area contributed by atoms with E-state index in [1.165, 1.54) is 0 Å². The minimum Gasteiger partial charge on any atom is -0.445 e. The minimum absolute atomic E-state index is 0.0159. The summed E-state index contributed by atoms with van der Waals surface area (Å²) in [4.78, 5) is 14.0. The first-order valence-electron chi connectivity index (χ1n) is 9.19. The van der Waals surface area contributed by atoms with Crippen LogP contribution in [0.2, 0.25) is 0 Å². The topological polar surface area (TPSA) is 60.0 Å². The molecule has 3 rings (SSSR count). The molecule has 2 heterocycles. The Hall–Kier alpha value is -1.63. The number of nitrogens with zero attached hydrogens (tertiary/aromatic N) is 1. The number of ether oxygens (including phenoxy) is 3. The van der Waals surface area contributed by atoms with E-state index >= 15 is 0 Å². The normalized spacial score (nSPS) is 24.6. The van der Waals surface area contributed by atoms with Gasteiger partial charge >= 0.3 is 6.09 Å². The van der Waals surface area contributed by atoms with Crippen LogP contribution < -0.4 is 5.32 Å². The lowest BCUT2D eigenvalue weighted by molar-refractivity contribution is -0.0281. The molecule has 138 valence electrons. The van der Waals surface area contributed by atoms with Gasteiger partial charge in [0.25, 0.3) is 0 Å². The van der Waals surface area contributed by atoms with Gasteiger partial charge in [-0.1, -0.05) is 30.3 Å². The third-order valence-electron chi connectivity index (χ3n) is 4.69. The van der Waals surface area contributed by atoms with Crippen molar-refractivity contribution in [1.29, 1.82) is 0 Å². The fourth-order valence-corrected chi connectivity index (χ4v) is 3.23. The van der Waals surface area contributed by atoms with Crippen LogP contribution in [-0.2, 0) is 20.8 Å². The molecule has 1 amide bonds. The lowest BCUT2D eigenvalue weighted by Gasteiger charge is -2.33. The van der Waals surface area contributed by atoms with Crippen LogP contribution in [0.3, 0.4) is 0 Å². The predicted molar refractivity (Wildman–Crippen MR) is 94.4 cm³/mol. The summed E-state index contributed by atoms with van der Waals surface area (Å²) in [5.41, 5.74) is 0.998. The first kappa shape index (κ1) is 18.2. The summed E-state index contributed by atoms with van der Waals surface area (Å²) in [7, 11) is 0. The number of amides is 1. The molecule has 1 aromatic carbocycles. The lowest BCUT2D eigenvalue weighted by atomic mass is 10.1. The zero-order chi connectivity index (χ0) is 17.3. The fraction of sp³-hybridized carbons (Fsp3) is 0.632. The molecule has 0 bridgehead atoms. The average Bonchev–Trinajstić information content (AvgIpc) is 2.94. The Morgan fingerprint density at radius 3 is 2.96 bits per heavy atom. The first-order chi connectivity index (χ1) is 12.3. The summed E-state index contributed by atoms with van der Waals surface area (Å²) in [6, 6.07) is 10.2. The molecule has 0 aliphatic carbocycles. The monoisotopic (exact) mass is 348 g/mol. The molecule has 2 fully saturated rings. The Morgan fingerprint density at radius 1 is 1.20 bits per heavy atom. The zero-order valence-electron chi connectivity index (χ0n) is 14.7. The van der Waals surface area contributed by atoms with E-state index in [9.17, 15) is 4.79 Å². The molecule has 0 saturated carbocycles. The van der Waals surface area contributed by atoms with Crippen molar-refractivity contribution in [3.05, 3.63) is 35.9 Å². The van der Waals surface area contributed by atoms with Gasteiger partial charge in [-0.3, -0.25) is 0 Å². The van der Waals surface area contributed by atoms with E-state index in [0.29, 0.717) is 32.3 Å². The first-order valence-corrected chi connectivity index (χ1v) is 9.19. The highest BCUT2D eigenvalue weighted by molar-refractivity contribution is 5.67. The number of morpholine rings is 1. The molecule has 2 aliphatic rings. The highest BCUT2D eigenvalue weighted by Gasteiger charge is 2.26. The van der Waals surface area contributed by atoms with Crippen LogP contribution in [0, 0.1) is 0 Å². The van der Waals surface area contributed by atoms with Crippen LogP contribution in [0.4, 0.5) is 4.79 Å². The van der Waals surface area contributed by atoms with E-state index in [2.05, 4.69) is 5.32 Å². The smallest absolute Gasteiger partial charge is 0.410 e. The largest absolute Gasteiger partial charge is 0.445 e. The van der Waals surface area contributed by atoms with E-state index in [-0.39, 0.29) is 12.2 Å². The van der Waals surface area contributed by atoms with Crippen molar-refractivity contribution in [2.24, 2.45) is 0 Å². The molecular weight excluding hydrogens is 320 g/mol. The Bertz CT molecular complexity index is 517. The van der Waals surface area contributed by atoms with Crippen molar-refractivity contribution in [1.82, 2.24) is 10.2 Å². The van der Waals surface area contributed by atoms with Crippen molar-refractivity contribution in [2.45, 2.75) is 38.0 Å². The maximum atomic E-state index is 12.3. The van der Waals surface area contributed by atoms with Crippen LogP contribution >= 0.6 is 0 Å². The molecule has 6 heteroatoms. The molecule has 1 N–H and O–H groups in total. The summed E-state index contributed by atoms with van der Waals surface area (Å²) in [6.45, 7) is 4.46. The molecule has 0 aromatic heterocycles. The number of benzene rings is 1. The van der Waals surface area contributed by atoms with Gasteiger partial charge in [0.1, 0.15) is 6.61 Å². The van der Waals surface area contributed by atoms with E-state index in [4.69, 9.17) is 14.2 Å². The van der Waals surface area contributed by atoms with Crippen LogP contribution in [0.5, 0.6) is 0 Å². The maximum Gasteiger partial charge on any atom is 0.410 e. The molecule has 1 aromatic rings. The molecule has 25 heavy (non-hydrogen) atoms. The summed E-state index contributed by atoms with van der Waals surface area (Å²) in [5, 5.41) is 3.56. The number of carbonyl (C=O) groups is 1. The predicted octanol–water partition coefficient (Wildman–Crippen LogP) is 2.18. The quantitative estimate of drug-likeness (QED) is 0.884. The zero-order valence-corrected chi connectivity index (χ0v) is 14.7. The molecule has 2 atom stereocenters. The van der Waals surface area contributed by atoms with Gasteiger partial charge in [0.05, 0.1) is 19.3 Å². The standard InChI is InChI=1S/C19H28N2O4/c22-19(25-15-16-5-2-1-3-6-16)21-9-12-24-18(14-21)13-20-17-7-4-10-23-11-8-17/h1-3,5-6,17-18,20H,4,7-15H2. The third-order valence-corrected chi connectivity index (χ3v) is 4.69. The van der Waals surface area contributed by atoms with Crippen molar-refractivity contribution in [3.8, 4) is 0 Å². The van der Waals surface area contributed by atoms with Crippen molar-refractivity contribution in [2.75, 3.05) is 39.5 Å². The molecule has 2 saturated heterocycles. The number of rotatable bonds is 5. The number of hydrogen-bond acceptors (Lipinski definition) is 5. The van der Waals surface area contributed by atoms with Crippen LogP contribution in [0.25, 0.3) is 0 Å². The van der Waals surface area contributed by atoms with Crippen molar-refractivity contribution in [3.63, 3.8) is 0 Å². The van der Waals surface area contributed by atoms with Gasteiger partial charge < -0.3 is 24.4 Å².